The Kier molecular flexibility index (Phi) is 5.33. The van der Waals surface area contributed by atoms with Crippen LogP contribution in [0.3, 0.4) is 0 Å². The largest absolute Gasteiger partial charge is 0.347 e. The lowest BCUT2D eigenvalue weighted by Crippen LogP contribution is -2.42. The highest BCUT2D eigenvalue weighted by Crippen LogP contribution is 2.61. The Morgan fingerprint density at radius 3 is 2.25 bits per heavy atom. The summed E-state index contributed by atoms with van der Waals surface area (Å²) in [5, 5.41) is 0. The van der Waals surface area contributed by atoms with Crippen LogP contribution in [0.1, 0.15) is 51.9 Å². The van der Waals surface area contributed by atoms with Crippen LogP contribution in [0.15, 0.2) is 35.2 Å². The van der Waals surface area contributed by atoms with Gasteiger partial charge in [-0.15, -0.1) is 0 Å². The van der Waals surface area contributed by atoms with E-state index in [2.05, 4.69) is 6.92 Å². The van der Waals surface area contributed by atoms with Crippen LogP contribution in [0.2, 0.25) is 0 Å². The Morgan fingerprint density at radius 1 is 1.00 bits per heavy atom. The molecule has 3 rings (SSSR count). The van der Waals surface area contributed by atoms with Crippen LogP contribution in [-0.2, 0) is 19.3 Å². The molecule has 0 spiro atoms. The van der Waals surface area contributed by atoms with Gasteiger partial charge in [0.05, 0.1) is 23.9 Å². The van der Waals surface area contributed by atoms with Gasteiger partial charge in [0.25, 0.3) is 0 Å². The van der Waals surface area contributed by atoms with Gasteiger partial charge in [-0.1, -0.05) is 38.0 Å². The van der Waals surface area contributed by atoms with Crippen molar-refractivity contribution in [1.82, 2.24) is 0 Å². The van der Waals surface area contributed by atoms with E-state index < -0.39 is 15.6 Å². The molecule has 0 amide bonds. The first-order valence-corrected chi connectivity index (χ1v) is 10.7. The first-order valence-electron chi connectivity index (χ1n) is 9.09. The van der Waals surface area contributed by atoms with E-state index in [0.29, 0.717) is 24.5 Å². The van der Waals surface area contributed by atoms with Gasteiger partial charge in [-0.3, -0.25) is 0 Å². The number of rotatable bonds is 9. The maximum absolute atomic E-state index is 12.6. The maximum Gasteiger partial charge on any atom is 0.178 e. The molecule has 1 aromatic rings. The highest BCUT2D eigenvalue weighted by molar-refractivity contribution is 7.91. The van der Waals surface area contributed by atoms with E-state index in [1.165, 1.54) is 0 Å². The molecule has 0 bridgehead atoms. The van der Waals surface area contributed by atoms with Gasteiger partial charge in [-0.25, -0.2) is 8.42 Å². The highest BCUT2D eigenvalue weighted by Gasteiger charge is 2.62. The third-order valence-corrected chi connectivity index (χ3v) is 7.21. The zero-order valence-corrected chi connectivity index (χ0v) is 15.3. The third-order valence-electron chi connectivity index (χ3n) is 5.48. The van der Waals surface area contributed by atoms with Crippen molar-refractivity contribution in [3.8, 4) is 0 Å². The van der Waals surface area contributed by atoms with Crippen molar-refractivity contribution in [1.29, 1.82) is 0 Å². The molecule has 4 nitrogen and oxygen atoms in total. The third kappa shape index (κ3) is 3.53. The molecule has 1 aliphatic heterocycles. The Bertz CT molecular complexity index is 629. The molecule has 24 heavy (non-hydrogen) atoms. The number of unbranched alkanes of at least 4 members (excludes halogenated alkanes) is 2. The normalized spacial score (nSPS) is 21.7. The number of hydrogen-bond donors (Lipinski definition) is 0. The summed E-state index contributed by atoms with van der Waals surface area (Å²) >= 11 is 0. The zero-order valence-electron chi connectivity index (χ0n) is 14.5. The van der Waals surface area contributed by atoms with Gasteiger partial charge in [0.15, 0.2) is 15.6 Å². The summed E-state index contributed by atoms with van der Waals surface area (Å²) in [6.07, 6.45) is 6.90. The summed E-state index contributed by atoms with van der Waals surface area (Å²) in [7, 11) is -3.25. The van der Waals surface area contributed by atoms with Crippen molar-refractivity contribution < 1.29 is 17.9 Å². The second-order valence-corrected chi connectivity index (χ2v) is 9.18. The number of benzene rings is 1. The summed E-state index contributed by atoms with van der Waals surface area (Å²) in [6.45, 7) is 3.43. The Labute approximate surface area is 145 Å². The van der Waals surface area contributed by atoms with Crippen molar-refractivity contribution in [2.75, 3.05) is 19.0 Å². The van der Waals surface area contributed by atoms with Gasteiger partial charge in [-0.05, 0) is 37.8 Å². The van der Waals surface area contributed by atoms with Crippen LogP contribution in [0.4, 0.5) is 0 Å². The lowest BCUT2D eigenvalue weighted by atomic mass is 9.87. The summed E-state index contributed by atoms with van der Waals surface area (Å²) < 4.78 is 37.3. The van der Waals surface area contributed by atoms with Gasteiger partial charge in [0, 0.05) is 11.8 Å². The first-order chi connectivity index (χ1) is 11.5. The lowest BCUT2D eigenvalue weighted by Gasteiger charge is -2.36. The van der Waals surface area contributed by atoms with Crippen LogP contribution in [-0.4, -0.2) is 33.2 Å². The molecule has 1 saturated carbocycles. The predicted octanol–water partition coefficient (Wildman–Crippen LogP) is 3.95. The molecule has 0 N–H and O–H groups in total. The minimum absolute atomic E-state index is 0.112. The van der Waals surface area contributed by atoms with Crippen LogP contribution < -0.4 is 0 Å². The lowest BCUT2D eigenvalue weighted by molar-refractivity contribution is -0.212. The van der Waals surface area contributed by atoms with Crippen molar-refractivity contribution in [2.45, 2.75) is 62.6 Å². The quantitative estimate of drug-likeness (QED) is 0.631. The van der Waals surface area contributed by atoms with Crippen LogP contribution in [0.5, 0.6) is 0 Å². The molecule has 1 saturated heterocycles. The van der Waals surface area contributed by atoms with E-state index >= 15 is 0 Å². The molecule has 2 aliphatic rings. The van der Waals surface area contributed by atoms with Gasteiger partial charge < -0.3 is 9.47 Å². The monoisotopic (exact) mass is 352 g/mol. The smallest absolute Gasteiger partial charge is 0.178 e. The molecule has 1 aromatic carbocycles. The second-order valence-electron chi connectivity index (χ2n) is 7.07. The predicted molar refractivity (Wildman–Crippen MR) is 93.6 cm³/mol. The zero-order chi connectivity index (χ0) is 17.1. The maximum atomic E-state index is 12.6. The highest BCUT2D eigenvalue weighted by atomic mass is 32.2. The SMILES string of the molecule is CCCCCC1(C2(CCS(=O)(=O)c3ccccc3)CC2)OCCO1. The summed E-state index contributed by atoms with van der Waals surface area (Å²) in [6, 6.07) is 8.73. The average Bonchev–Trinajstić information content (AvgIpc) is 3.26. The fourth-order valence-corrected chi connectivity index (χ4v) is 5.29. The number of hydrogen-bond acceptors (Lipinski definition) is 4. The second kappa shape index (κ2) is 7.14. The summed E-state index contributed by atoms with van der Waals surface area (Å²) in [4.78, 5) is 0.411. The molecule has 134 valence electrons. The van der Waals surface area contributed by atoms with Crippen molar-refractivity contribution in [3.63, 3.8) is 0 Å². The molecule has 1 aliphatic carbocycles. The van der Waals surface area contributed by atoms with Crippen molar-refractivity contribution in [2.24, 2.45) is 5.41 Å². The molecule has 1 heterocycles. The van der Waals surface area contributed by atoms with Crippen LogP contribution in [0.25, 0.3) is 0 Å². The minimum atomic E-state index is -3.25. The van der Waals surface area contributed by atoms with E-state index in [9.17, 15) is 8.42 Å². The topological polar surface area (TPSA) is 52.6 Å². The molecule has 5 heteroatoms. The molecule has 0 aromatic heterocycles. The molecule has 0 atom stereocenters. The molecular weight excluding hydrogens is 324 g/mol. The van der Waals surface area contributed by atoms with Crippen LogP contribution in [0, 0.1) is 5.41 Å². The molecular formula is C19H28O4S. The Balaban J connectivity index is 1.69. The number of sulfone groups is 1. The summed E-state index contributed by atoms with van der Waals surface area (Å²) in [5.74, 6) is -0.381. The van der Waals surface area contributed by atoms with E-state index in [-0.39, 0.29) is 11.2 Å². The van der Waals surface area contributed by atoms with E-state index in [1.54, 1.807) is 24.3 Å². The molecule has 0 unspecified atom stereocenters. The van der Waals surface area contributed by atoms with Crippen molar-refractivity contribution >= 4 is 9.84 Å². The van der Waals surface area contributed by atoms with Gasteiger partial charge in [0.2, 0.25) is 0 Å². The fraction of sp³-hybridized carbons (Fsp3) is 0.684. The van der Waals surface area contributed by atoms with Gasteiger partial charge >= 0.3 is 0 Å². The van der Waals surface area contributed by atoms with Gasteiger partial charge in [0.1, 0.15) is 0 Å². The summed E-state index contributed by atoms with van der Waals surface area (Å²) in [5.41, 5.74) is -0.112. The Morgan fingerprint density at radius 2 is 1.67 bits per heavy atom. The molecule has 0 radical (unpaired) electrons. The average molecular weight is 352 g/mol. The standard InChI is InChI=1S/C19H28O4S/c1-2-3-7-10-19(22-14-15-23-19)18(11-12-18)13-16-24(20,21)17-8-5-4-6-9-17/h4-6,8-9H,2-3,7,10-16H2,1H3. The Hall–Kier alpha value is -0.910. The van der Waals surface area contributed by atoms with Crippen molar-refractivity contribution in [3.05, 3.63) is 30.3 Å². The first kappa shape index (κ1) is 17.9. The molecule has 2 fully saturated rings. The van der Waals surface area contributed by atoms with Crippen LogP contribution >= 0.6 is 0 Å². The van der Waals surface area contributed by atoms with E-state index in [4.69, 9.17) is 9.47 Å². The van der Waals surface area contributed by atoms with E-state index in [1.807, 2.05) is 6.07 Å². The minimum Gasteiger partial charge on any atom is -0.347 e. The van der Waals surface area contributed by atoms with Gasteiger partial charge in [-0.2, -0.15) is 0 Å². The fourth-order valence-electron chi connectivity index (χ4n) is 3.83. The van der Waals surface area contributed by atoms with E-state index in [0.717, 1.165) is 38.5 Å². The number of ether oxygens (including phenoxy) is 2.